The van der Waals surface area contributed by atoms with E-state index in [9.17, 15) is 4.79 Å². The second-order valence-electron chi connectivity index (χ2n) is 2.58. The third kappa shape index (κ3) is 1.81. The van der Waals surface area contributed by atoms with Gasteiger partial charge in [-0.15, -0.1) is 0 Å². The maximum Gasteiger partial charge on any atom is 0.356 e. The van der Waals surface area contributed by atoms with Gasteiger partial charge in [0.25, 0.3) is 0 Å². The molecule has 0 unspecified atom stereocenters. The second-order valence-corrected chi connectivity index (χ2v) is 2.94. The number of aromatic nitrogens is 2. The summed E-state index contributed by atoms with van der Waals surface area (Å²) < 4.78 is 1.34. The summed E-state index contributed by atoms with van der Waals surface area (Å²) in [4.78, 5) is 10.7. The van der Waals surface area contributed by atoms with E-state index in [1.54, 1.807) is 14.1 Å². The zero-order valence-corrected chi connectivity index (χ0v) is 8.09. The molecule has 13 heavy (non-hydrogen) atoms. The van der Waals surface area contributed by atoms with Crippen LogP contribution in [0.2, 0.25) is 5.15 Å². The highest BCUT2D eigenvalue weighted by Crippen LogP contribution is 2.18. The number of nitrogens with zero attached hydrogens (tertiary/aromatic N) is 2. The first-order chi connectivity index (χ1) is 6.07. The van der Waals surface area contributed by atoms with Gasteiger partial charge in [0.2, 0.25) is 0 Å². The molecule has 0 atom stereocenters. The summed E-state index contributed by atoms with van der Waals surface area (Å²) in [5.74, 6) is -1.06. The summed E-state index contributed by atoms with van der Waals surface area (Å²) in [6, 6.07) is 0. The minimum absolute atomic E-state index is 0.00171. The van der Waals surface area contributed by atoms with Gasteiger partial charge in [-0.1, -0.05) is 11.6 Å². The Kier molecular flexibility index (Phi) is 2.90. The molecule has 0 aliphatic carbocycles. The Labute approximate surface area is 80.3 Å². The molecule has 0 aliphatic heterocycles. The number of hydrogen-bond donors (Lipinski definition) is 2. The Hall–Kier alpha value is -1.07. The average molecular weight is 204 g/mol. The molecule has 0 aromatic carbocycles. The normalized spacial score (nSPS) is 10.4. The Bertz CT molecular complexity index is 335. The van der Waals surface area contributed by atoms with Gasteiger partial charge in [-0.3, -0.25) is 4.68 Å². The molecule has 0 fully saturated rings. The second kappa shape index (κ2) is 3.76. The molecule has 0 saturated carbocycles. The van der Waals surface area contributed by atoms with Gasteiger partial charge in [0.1, 0.15) is 5.15 Å². The number of halogens is 1. The van der Waals surface area contributed by atoms with Crippen LogP contribution in [0.1, 0.15) is 16.1 Å². The lowest BCUT2D eigenvalue weighted by atomic mass is 10.2. The van der Waals surface area contributed by atoms with Crippen molar-refractivity contribution in [2.75, 3.05) is 7.05 Å². The van der Waals surface area contributed by atoms with Gasteiger partial charge in [0, 0.05) is 19.2 Å². The van der Waals surface area contributed by atoms with Crippen LogP contribution >= 0.6 is 11.6 Å². The van der Waals surface area contributed by atoms with Crippen molar-refractivity contribution >= 4 is 17.6 Å². The standard InChI is InChI=1S/C7H10ClN3O2/c1-9-3-4-5(7(12)13)10-11(2)6(4)8/h9H,3H2,1-2H3,(H,12,13). The predicted molar refractivity (Wildman–Crippen MR) is 47.9 cm³/mol. The molecule has 1 aromatic heterocycles. The van der Waals surface area contributed by atoms with E-state index in [0.29, 0.717) is 17.3 Å². The number of carboxylic acid groups (broad SMARTS) is 1. The summed E-state index contributed by atoms with van der Waals surface area (Å²) in [6.07, 6.45) is 0. The SMILES string of the molecule is CNCc1c(C(=O)O)nn(C)c1Cl. The molecule has 0 bridgehead atoms. The van der Waals surface area contributed by atoms with Gasteiger partial charge < -0.3 is 10.4 Å². The van der Waals surface area contributed by atoms with Crippen molar-refractivity contribution in [3.8, 4) is 0 Å². The predicted octanol–water partition coefficient (Wildman–Crippen LogP) is 0.491. The van der Waals surface area contributed by atoms with Gasteiger partial charge in [0.05, 0.1) is 0 Å². The number of nitrogens with one attached hydrogen (secondary N) is 1. The molecular formula is C7H10ClN3O2. The summed E-state index contributed by atoms with van der Waals surface area (Å²) in [7, 11) is 3.32. The minimum atomic E-state index is -1.06. The molecule has 2 N–H and O–H groups in total. The van der Waals surface area contributed by atoms with Crippen molar-refractivity contribution in [1.29, 1.82) is 0 Å². The highest BCUT2D eigenvalue weighted by Gasteiger charge is 2.18. The molecular weight excluding hydrogens is 194 g/mol. The molecule has 0 spiro atoms. The summed E-state index contributed by atoms with van der Waals surface area (Å²) in [5.41, 5.74) is 0.515. The Morgan fingerprint density at radius 1 is 1.77 bits per heavy atom. The first kappa shape index (κ1) is 10.0. The Balaban J connectivity index is 3.18. The van der Waals surface area contributed by atoms with Gasteiger partial charge >= 0.3 is 5.97 Å². The monoisotopic (exact) mass is 203 g/mol. The number of carbonyl (C=O) groups is 1. The van der Waals surface area contributed by atoms with Crippen LogP contribution in [0.3, 0.4) is 0 Å². The number of aryl methyl sites for hydroxylation is 1. The highest BCUT2D eigenvalue weighted by molar-refractivity contribution is 6.30. The van der Waals surface area contributed by atoms with Crippen LogP contribution in [0.25, 0.3) is 0 Å². The van der Waals surface area contributed by atoms with Crippen molar-refractivity contribution in [2.24, 2.45) is 7.05 Å². The summed E-state index contributed by atoms with van der Waals surface area (Å²) >= 11 is 5.83. The summed E-state index contributed by atoms with van der Waals surface area (Å²) in [5, 5.41) is 15.7. The molecule has 72 valence electrons. The number of aromatic carboxylic acids is 1. The quantitative estimate of drug-likeness (QED) is 0.751. The number of rotatable bonds is 3. The molecule has 6 heteroatoms. The van der Waals surface area contributed by atoms with Crippen molar-refractivity contribution in [3.05, 3.63) is 16.4 Å². The maximum absolute atomic E-state index is 10.7. The average Bonchev–Trinajstić information content (AvgIpc) is 2.33. The Morgan fingerprint density at radius 3 is 2.85 bits per heavy atom. The van der Waals surface area contributed by atoms with Crippen LogP contribution in [0.5, 0.6) is 0 Å². The van der Waals surface area contributed by atoms with Crippen molar-refractivity contribution < 1.29 is 9.90 Å². The lowest BCUT2D eigenvalue weighted by Gasteiger charge is -1.97. The number of carboxylic acids is 1. The lowest BCUT2D eigenvalue weighted by Crippen LogP contribution is -2.09. The molecule has 0 amide bonds. The molecule has 0 saturated heterocycles. The van der Waals surface area contributed by atoms with Crippen LogP contribution in [0.4, 0.5) is 0 Å². The molecule has 0 radical (unpaired) electrons. The smallest absolute Gasteiger partial charge is 0.356 e. The van der Waals surface area contributed by atoms with E-state index in [1.165, 1.54) is 4.68 Å². The fourth-order valence-electron chi connectivity index (χ4n) is 1.05. The van der Waals surface area contributed by atoms with Crippen molar-refractivity contribution in [3.63, 3.8) is 0 Å². The zero-order valence-electron chi connectivity index (χ0n) is 7.33. The van der Waals surface area contributed by atoms with Crippen LogP contribution in [-0.2, 0) is 13.6 Å². The van der Waals surface area contributed by atoms with E-state index in [2.05, 4.69) is 10.4 Å². The van der Waals surface area contributed by atoms with Crippen molar-refractivity contribution in [1.82, 2.24) is 15.1 Å². The third-order valence-electron chi connectivity index (χ3n) is 1.63. The largest absolute Gasteiger partial charge is 0.476 e. The first-order valence-electron chi connectivity index (χ1n) is 3.67. The van der Waals surface area contributed by atoms with Gasteiger partial charge in [-0.05, 0) is 7.05 Å². The van der Waals surface area contributed by atoms with Gasteiger partial charge in [0.15, 0.2) is 5.69 Å². The van der Waals surface area contributed by atoms with Crippen molar-refractivity contribution in [2.45, 2.75) is 6.54 Å². The fraction of sp³-hybridized carbons (Fsp3) is 0.429. The van der Waals surface area contributed by atoms with E-state index in [-0.39, 0.29) is 5.69 Å². The summed E-state index contributed by atoms with van der Waals surface area (Å²) in [6.45, 7) is 0.397. The fourth-order valence-corrected chi connectivity index (χ4v) is 1.25. The zero-order chi connectivity index (χ0) is 10.0. The van der Waals surface area contributed by atoms with E-state index in [1.807, 2.05) is 0 Å². The van der Waals surface area contributed by atoms with Crippen LogP contribution in [-0.4, -0.2) is 27.9 Å². The van der Waals surface area contributed by atoms with E-state index >= 15 is 0 Å². The Morgan fingerprint density at radius 2 is 2.38 bits per heavy atom. The molecule has 0 aliphatic rings. The highest BCUT2D eigenvalue weighted by atomic mass is 35.5. The molecule has 1 heterocycles. The molecule has 5 nitrogen and oxygen atoms in total. The molecule has 1 aromatic rings. The lowest BCUT2D eigenvalue weighted by molar-refractivity contribution is 0.0688. The van der Waals surface area contributed by atoms with Crippen LogP contribution < -0.4 is 5.32 Å². The topological polar surface area (TPSA) is 67.2 Å². The first-order valence-corrected chi connectivity index (χ1v) is 4.05. The van der Waals surface area contributed by atoms with E-state index in [0.717, 1.165) is 0 Å². The van der Waals surface area contributed by atoms with Gasteiger partial charge in [-0.2, -0.15) is 5.10 Å². The van der Waals surface area contributed by atoms with Crippen LogP contribution in [0.15, 0.2) is 0 Å². The molecule has 1 rings (SSSR count). The van der Waals surface area contributed by atoms with E-state index < -0.39 is 5.97 Å². The third-order valence-corrected chi connectivity index (χ3v) is 2.10. The van der Waals surface area contributed by atoms with Crippen LogP contribution in [0, 0.1) is 0 Å². The maximum atomic E-state index is 10.7. The minimum Gasteiger partial charge on any atom is -0.476 e. The van der Waals surface area contributed by atoms with Gasteiger partial charge in [-0.25, -0.2) is 4.79 Å². The number of hydrogen-bond acceptors (Lipinski definition) is 3. The van der Waals surface area contributed by atoms with E-state index in [4.69, 9.17) is 16.7 Å².